The molecule has 10 heteroatoms. The molecule has 1 fully saturated rings. The van der Waals surface area contributed by atoms with Crippen LogP contribution in [0.25, 0.3) is 0 Å². The van der Waals surface area contributed by atoms with Gasteiger partial charge in [0.2, 0.25) is 0 Å². The number of piperazine rings is 1. The fraction of sp³-hybridized carbons (Fsp3) is 0.409. The number of nitrogens with zero attached hydrogens (tertiary/aromatic N) is 2. The summed E-state index contributed by atoms with van der Waals surface area (Å²) in [6, 6.07) is 7.95. The van der Waals surface area contributed by atoms with Crippen LogP contribution in [0.4, 0.5) is 4.39 Å². The second-order valence-electron chi connectivity index (χ2n) is 7.93. The minimum Gasteiger partial charge on any atom is -0.482 e. The van der Waals surface area contributed by atoms with E-state index in [1.165, 1.54) is 12.1 Å². The molecular weight excluding hydrogens is 459 g/mol. The number of carbonyl (C=O) groups is 1. The standard InChI is InChI=1S/C22H26ClFN2O5S/c1-15-11-20(24)16(2)10-18(15)12-25-6-8-26(9-7-25)21(27)13-31-22-17(14-32(28,29)30)4-3-5-19(22)23/h3-5,10-11H,6-9,12-14H2,1-2H3,(H,28,29,30). The van der Waals surface area contributed by atoms with Crippen LogP contribution >= 0.6 is 11.6 Å². The lowest BCUT2D eigenvalue weighted by atomic mass is 10.0. The zero-order chi connectivity index (χ0) is 23.5. The summed E-state index contributed by atoms with van der Waals surface area (Å²) in [7, 11) is -4.28. The molecular formula is C22H26ClFN2O5S. The molecule has 0 spiro atoms. The van der Waals surface area contributed by atoms with Crippen LogP contribution in [0.2, 0.25) is 5.02 Å². The average Bonchev–Trinajstić information content (AvgIpc) is 2.71. The molecule has 0 radical (unpaired) electrons. The highest BCUT2D eigenvalue weighted by molar-refractivity contribution is 7.85. The predicted octanol–water partition coefficient (Wildman–Crippen LogP) is 3.21. The molecule has 7 nitrogen and oxygen atoms in total. The number of aryl methyl sites for hydroxylation is 2. The van der Waals surface area contributed by atoms with Crippen molar-refractivity contribution in [2.45, 2.75) is 26.1 Å². The topological polar surface area (TPSA) is 87.2 Å². The molecule has 2 aromatic carbocycles. The first-order valence-corrected chi connectivity index (χ1v) is 12.1. The van der Waals surface area contributed by atoms with E-state index in [0.29, 0.717) is 38.3 Å². The highest BCUT2D eigenvalue weighted by Crippen LogP contribution is 2.30. The molecule has 0 aliphatic carbocycles. The number of rotatable bonds is 7. The Kier molecular flexibility index (Phi) is 7.76. The van der Waals surface area contributed by atoms with E-state index in [-0.39, 0.29) is 34.7 Å². The highest BCUT2D eigenvalue weighted by Gasteiger charge is 2.23. The third kappa shape index (κ3) is 6.41. The minimum atomic E-state index is -4.28. The van der Waals surface area contributed by atoms with Crippen LogP contribution in [0, 0.1) is 19.7 Å². The highest BCUT2D eigenvalue weighted by atomic mass is 35.5. The molecule has 1 N–H and O–H groups in total. The third-order valence-electron chi connectivity index (χ3n) is 5.46. The predicted molar refractivity (Wildman–Crippen MR) is 120 cm³/mol. The van der Waals surface area contributed by atoms with E-state index in [0.717, 1.165) is 11.1 Å². The van der Waals surface area contributed by atoms with Crippen molar-refractivity contribution in [3.05, 3.63) is 63.4 Å². The lowest BCUT2D eigenvalue weighted by Crippen LogP contribution is -2.49. The molecule has 1 aliphatic rings. The molecule has 1 heterocycles. The quantitative estimate of drug-likeness (QED) is 0.607. The van der Waals surface area contributed by atoms with Gasteiger partial charge >= 0.3 is 0 Å². The number of benzene rings is 2. The van der Waals surface area contributed by atoms with Gasteiger partial charge in [0.15, 0.2) is 6.61 Å². The van der Waals surface area contributed by atoms with Crippen LogP contribution in [0.15, 0.2) is 30.3 Å². The number of ether oxygens (including phenoxy) is 1. The largest absolute Gasteiger partial charge is 0.482 e. The maximum absolute atomic E-state index is 13.7. The molecule has 1 amide bonds. The molecule has 1 aliphatic heterocycles. The van der Waals surface area contributed by atoms with Crippen LogP contribution in [0.3, 0.4) is 0 Å². The third-order valence-corrected chi connectivity index (χ3v) is 6.44. The smallest absolute Gasteiger partial charge is 0.269 e. The number of hydrogen-bond donors (Lipinski definition) is 1. The average molecular weight is 485 g/mol. The first-order chi connectivity index (χ1) is 15.0. The van der Waals surface area contributed by atoms with E-state index in [2.05, 4.69) is 4.90 Å². The van der Waals surface area contributed by atoms with Crippen molar-refractivity contribution in [1.82, 2.24) is 9.80 Å². The molecule has 0 unspecified atom stereocenters. The van der Waals surface area contributed by atoms with Gasteiger partial charge in [-0.2, -0.15) is 8.42 Å². The molecule has 1 saturated heterocycles. The van der Waals surface area contributed by atoms with E-state index >= 15 is 0 Å². The van der Waals surface area contributed by atoms with Crippen molar-refractivity contribution in [2.24, 2.45) is 0 Å². The number of amides is 1. The van der Waals surface area contributed by atoms with Crippen molar-refractivity contribution in [3.8, 4) is 5.75 Å². The Hall–Kier alpha value is -2.20. The van der Waals surface area contributed by atoms with Crippen LogP contribution in [-0.2, 0) is 27.2 Å². The van der Waals surface area contributed by atoms with Gasteiger partial charge in [0, 0.05) is 38.3 Å². The second-order valence-corrected chi connectivity index (χ2v) is 9.79. The van der Waals surface area contributed by atoms with Crippen LogP contribution in [0.1, 0.15) is 22.3 Å². The fourth-order valence-corrected chi connectivity index (χ4v) is 4.53. The van der Waals surface area contributed by atoms with E-state index in [1.54, 1.807) is 24.0 Å². The first kappa shape index (κ1) is 24.4. The van der Waals surface area contributed by atoms with Gasteiger partial charge in [-0.15, -0.1) is 0 Å². The zero-order valence-electron chi connectivity index (χ0n) is 18.0. The van der Waals surface area contributed by atoms with Crippen molar-refractivity contribution < 1.29 is 26.9 Å². The number of carbonyl (C=O) groups excluding carboxylic acids is 1. The SMILES string of the molecule is Cc1cc(CN2CCN(C(=O)COc3c(Cl)cccc3CS(=O)(=O)O)CC2)c(C)cc1F. The molecule has 0 saturated carbocycles. The zero-order valence-corrected chi connectivity index (χ0v) is 19.5. The van der Waals surface area contributed by atoms with Gasteiger partial charge in [-0.05, 0) is 42.7 Å². The summed E-state index contributed by atoms with van der Waals surface area (Å²) in [5, 5.41) is 0.161. The monoisotopic (exact) mass is 484 g/mol. The molecule has 0 atom stereocenters. The summed E-state index contributed by atoms with van der Waals surface area (Å²) in [6.45, 7) is 6.39. The summed E-state index contributed by atoms with van der Waals surface area (Å²) < 4.78 is 50.8. The molecule has 3 rings (SSSR count). The fourth-order valence-electron chi connectivity index (χ4n) is 3.66. The lowest BCUT2D eigenvalue weighted by molar-refractivity contribution is -0.135. The van der Waals surface area contributed by atoms with Crippen molar-refractivity contribution in [3.63, 3.8) is 0 Å². The van der Waals surface area contributed by atoms with Gasteiger partial charge in [-0.1, -0.05) is 29.8 Å². The van der Waals surface area contributed by atoms with Crippen LogP contribution < -0.4 is 4.74 Å². The van der Waals surface area contributed by atoms with Crippen LogP contribution in [0.5, 0.6) is 5.75 Å². The molecule has 2 aromatic rings. The van der Waals surface area contributed by atoms with Crippen LogP contribution in [-0.4, -0.2) is 61.5 Å². The van der Waals surface area contributed by atoms with Gasteiger partial charge in [0.25, 0.3) is 16.0 Å². The summed E-state index contributed by atoms with van der Waals surface area (Å²) in [6.07, 6.45) is 0. The molecule has 0 bridgehead atoms. The molecule has 174 valence electrons. The summed E-state index contributed by atoms with van der Waals surface area (Å²) >= 11 is 6.10. The van der Waals surface area contributed by atoms with Gasteiger partial charge in [-0.25, -0.2) is 4.39 Å². The lowest BCUT2D eigenvalue weighted by Gasteiger charge is -2.35. The van der Waals surface area contributed by atoms with Crippen molar-refractivity contribution in [1.29, 1.82) is 0 Å². The maximum atomic E-state index is 13.7. The maximum Gasteiger partial charge on any atom is 0.269 e. The van der Waals surface area contributed by atoms with Crippen molar-refractivity contribution in [2.75, 3.05) is 32.8 Å². The van der Waals surface area contributed by atoms with Crippen molar-refractivity contribution >= 4 is 27.6 Å². The van der Waals surface area contributed by atoms with Gasteiger partial charge in [-0.3, -0.25) is 14.2 Å². The van der Waals surface area contributed by atoms with E-state index < -0.39 is 15.9 Å². The van der Waals surface area contributed by atoms with E-state index in [4.69, 9.17) is 20.9 Å². The molecule has 0 aromatic heterocycles. The van der Waals surface area contributed by atoms with Gasteiger partial charge in [0.1, 0.15) is 17.3 Å². The number of halogens is 2. The van der Waals surface area contributed by atoms with E-state index in [9.17, 15) is 17.6 Å². The minimum absolute atomic E-state index is 0.0703. The first-order valence-electron chi connectivity index (χ1n) is 10.1. The van der Waals surface area contributed by atoms with Gasteiger partial charge in [0.05, 0.1) is 5.02 Å². The Balaban J connectivity index is 1.55. The number of para-hydroxylation sites is 1. The number of hydrogen-bond acceptors (Lipinski definition) is 5. The Labute approximate surface area is 192 Å². The summed E-state index contributed by atoms with van der Waals surface area (Å²) in [4.78, 5) is 16.5. The Morgan fingerprint density at radius 1 is 1.12 bits per heavy atom. The second kappa shape index (κ2) is 10.2. The summed E-state index contributed by atoms with van der Waals surface area (Å²) in [5.74, 6) is -1.03. The van der Waals surface area contributed by atoms with Gasteiger partial charge < -0.3 is 9.64 Å². The molecule has 32 heavy (non-hydrogen) atoms. The Morgan fingerprint density at radius 2 is 1.81 bits per heavy atom. The Morgan fingerprint density at radius 3 is 2.47 bits per heavy atom. The van der Waals surface area contributed by atoms with E-state index in [1.807, 2.05) is 13.0 Å². The normalized spacial score (nSPS) is 15.1. The Bertz CT molecular complexity index is 1100. The summed E-state index contributed by atoms with van der Waals surface area (Å²) in [5.41, 5.74) is 2.77.